The van der Waals surface area contributed by atoms with Gasteiger partial charge < -0.3 is 10.4 Å². The van der Waals surface area contributed by atoms with E-state index in [-0.39, 0.29) is 5.92 Å². The lowest BCUT2D eigenvalue weighted by Crippen LogP contribution is -2.47. The van der Waals surface area contributed by atoms with Crippen LogP contribution in [0.15, 0.2) is 54.9 Å². The van der Waals surface area contributed by atoms with Crippen molar-refractivity contribution in [1.29, 1.82) is 0 Å². The highest BCUT2D eigenvalue weighted by Crippen LogP contribution is 2.29. The Bertz CT molecular complexity index is 584. The lowest BCUT2D eigenvalue weighted by atomic mass is 9.82. The van der Waals surface area contributed by atoms with Crippen LogP contribution in [0.25, 0.3) is 0 Å². The van der Waals surface area contributed by atoms with Gasteiger partial charge in [0.05, 0.1) is 0 Å². The number of nitrogens with zero attached hydrogens (tertiary/aromatic N) is 1. The standard InChI is InChI=1S/C17H20N2O2/c1-13(2)17(21,15-8-4-3-5-9-15)16(20)19-12-14-7-6-10-18-11-14/h3-11,13,21H,12H2,1-2H3,(H,19,20)/t17-/m1/s1. The number of aromatic nitrogens is 1. The first-order valence-corrected chi connectivity index (χ1v) is 7.00. The van der Waals surface area contributed by atoms with Crippen LogP contribution < -0.4 is 5.32 Å². The van der Waals surface area contributed by atoms with Gasteiger partial charge in [0, 0.05) is 18.9 Å². The normalized spacial score (nSPS) is 13.7. The molecule has 0 unspecified atom stereocenters. The van der Waals surface area contributed by atoms with Gasteiger partial charge in [-0.2, -0.15) is 0 Å². The van der Waals surface area contributed by atoms with Crippen LogP contribution in [0.5, 0.6) is 0 Å². The third-order valence-corrected chi connectivity index (χ3v) is 3.57. The van der Waals surface area contributed by atoms with Crippen LogP contribution in [0, 0.1) is 5.92 Å². The third kappa shape index (κ3) is 3.28. The number of pyridine rings is 1. The maximum absolute atomic E-state index is 12.5. The minimum atomic E-state index is -1.54. The average Bonchev–Trinajstić information content (AvgIpc) is 2.53. The molecule has 4 nitrogen and oxygen atoms in total. The number of rotatable bonds is 5. The Labute approximate surface area is 124 Å². The number of nitrogens with one attached hydrogen (secondary N) is 1. The summed E-state index contributed by atoms with van der Waals surface area (Å²) in [5.41, 5.74) is -0.0441. The van der Waals surface area contributed by atoms with E-state index in [4.69, 9.17) is 0 Å². The van der Waals surface area contributed by atoms with E-state index in [0.29, 0.717) is 12.1 Å². The van der Waals surface area contributed by atoms with E-state index < -0.39 is 11.5 Å². The topological polar surface area (TPSA) is 62.2 Å². The zero-order chi connectivity index (χ0) is 15.3. The van der Waals surface area contributed by atoms with Crippen molar-refractivity contribution in [2.75, 3.05) is 0 Å². The molecule has 2 aromatic rings. The van der Waals surface area contributed by atoms with E-state index in [1.165, 1.54) is 0 Å². The van der Waals surface area contributed by atoms with Crippen LogP contribution in [-0.2, 0) is 16.9 Å². The fourth-order valence-corrected chi connectivity index (χ4v) is 2.24. The van der Waals surface area contributed by atoms with Gasteiger partial charge in [0.2, 0.25) is 0 Å². The van der Waals surface area contributed by atoms with Crippen LogP contribution in [0.4, 0.5) is 0 Å². The quantitative estimate of drug-likeness (QED) is 0.885. The van der Waals surface area contributed by atoms with Crippen molar-refractivity contribution >= 4 is 5.91 Å². The van der Waals surface area contributed by atoms with Crippen molar-refractivity contribution < 1.29 is 9.90 Å². The highest BCUT2D eigenvalue weighted by Gasteiger charge is 2.40. The van der Waals surface area contributed by atoms with Crippen LogP contribution in [0.2, 0.25) is 0 Å². The lowest BCUT2D eigenvalue weighted by Gasteiger charge is -2.31. The predicted molar refractivity (Wildman–Crippen MR) is 81.3 cm³/mol. The molecule has 0 saturated heterocycles. The van der Waals surface area contributed by atoms with Gasteiger partial charge in [-0.25, -0.2) is 0 Å². The number of hydrogen-bond acceptors (Lipinski definition) is 3. The fraction of sp³-hybridized carbons (Fsp3) is 0.294. The molecule has 1 amide bonds. The van der Waals surface area contributed by atoms with Gasteiger partial charge >= 0.3 is 0 Å². The Morgan fingerprint density at radius 1 is 1.24 bits per heavy atom. The van der Waals surface area contributed by atoms with Gasteiger partial charge in [-0.15, -0.1) is 0 Å². The molecular weight excluding hydrogens is 264 g/mol. The van der Waals surface area contributed by atoms with Crippen molar-refractivity contribution in [3.63, 3.8) is 0 Å². The molecule has 1 heterocycles. The molecule has 0 aliphatic rings. The van der Waals surface area contributed by atoms with Crippen LogP contribution >= 0.6 is 0 Å². The molecule has 0 fully saturated rings. The van der Waals surface area contributed by atoms with Gasteiger partial charge in [0.15, 0.2) is 5.60 Å². The van der Waals surface area contributed by atoms with Gasteiger partial charge in [0.1, 0.15) is 0 Å². The molecule has 0 spiro atoms. The van der Waals surface area contributed by atoms with E-state index in [1.807, 2.05) is 44.2 Å². The van der Waals surface area contributed by atoms with E-state index in [9.17, 15) is 9.90 Å². The SMILES string of the molecule is CC(C)[C@](O)(C(=O)NCc1cccnc1)c1ccccc1. The van der Waals surface area contributed by atoms with Crippen molar-refractivity contribution in [2.24, 2.45) is 5.92 Å². The molecule has 21 heavy (non-hydrogen) atoms. The lowest BCUT2D eigenvalue weighted by molar-refractivity contribution is -0.146. The second kappa shape index (κ2) is 6.50. The highest BCUT2D eigenvalue weighted by molar-refractivity contribution is 5.86. The van der Waals surface area contributed by atoms with Gasteiger partial charge in [-0.3, -0.25) is 9.78 Å². The summed E-state index contributed by atoms with van der Waals surface area (Å²) >= 11 is 0. The molecule has 2 rings (SSSR count). The molecule has 0 aliphatic carbocycles. The highest BCUT2D eigenvalue weighted by atomic mass is 16.3. The summed E-state index contributed by atoms with van der Waals surface area (Å²) in [4.78, 5) is 16.5. The maximum Gasteiger partial charge on any atom is 0.257 e. The van der Waals surface area contributed by atoms with E-state index in [0.717, 1.165) is 5.56 Å². The van der Waals surface area contributed by atoms with Crippen LogP contribution in [-0.4, -0.2) is 16.0 Å². The summed E-state index contributed by atoms with van der Waals surface area (Å²) in [6.45, 7) is 4.00. The van der Waals surface area contributed by atoms with E-state index >= 15 is 0 Å². The van der Waals surface area contributed by atoms with Crippen LogP contribution in [0.3, 0.4) is 0 Å². The summed E-state index contributed by atoms with van der Waals surface area (Å²) in [5, 5.41) is 13.7. The molecule has 2 N–H and O–H groups in total. The van der Waals surface area contributed by atoms with Crippen molar-refractivity contribution in [3.8, 4) is 0 Å². The van der Waals surface area contributed by atoms with Gasteiger partial charge in [-0.05, 0) is 23.1 Å². The smallest absolute Gasteiger partial charge is 0.257 e. The number of hydrogen-bond donors (Lipinski definition) is 2. The Balaban J connectivity index is 2.17. The Kier molecular flexibility index (Phi) is 4.70. The molecule has 0 radical (unpaired) electrons. The second-order valence-corrected chi connectivity index (χ2v) is 5.33. The molecule has 0 bridgehead atoms. The minimum Gasteiger partial charge on any atom is -0.375 e. The fourth-order valence-electron chi connectivity index (χ4n) is 2.24. The van der Waals surface area contributed by atoms with E-state index in [2.05, 4.69) is 10.3 Å². The molecular formula is C17H20N2O2. The number of carbonyl (C=O) groups is 1. The zero-order valence-corrected chi connectivity index (χ0v) is 12.3. The first-order valence-electron chi connectivity index (χ1n) is 7.00. The first-order chi connectivity index (χ1) is 10.0. The number of amides is 1. The molecule has 0 aliphatic heterocycles. The van der Waals surface area contributed by atoms with Crippen molar-refractivity contribution in [3.05, 3.63) is 66.0 Å². The average molecular weight is 284 g/mol. The molecule has 1 aromatic carbocycles. The summed E-state index contributed by atoms with van der Waals surface area (Å²) < 4.78 is 0. The van der Waals surface area contributed by atoms with Crippen LogP contribution in [0.1, 0.15) is 25.0 Å². The summed E-state index contributed by atoms with van der Waals surface area (Å²) in [7, 11) is 0. The molecule has 1 atom stereocenters. The Hall–Kier alpha value is -2.20. The Morgan fingerprint density at radius 3 is 2.52 bits per heavy atom. The monoisotopic (exact) mass is 284 g/mol. The largest absolute Gasteiger partial charge is 0.375 e. The van der Waals surface area contributed by atoms with Gasteiger partial charge in [0.25, 0.3) is 5.91 Å². The number of aliphatic hydroxyl groups is 1. The maximum atomic E-state index is 12.5. The third-order valence-electron chi connectivity index (χ3n) is 3.57. The van der Waals surface area contributed by atoms with Crippen molar-refractivity contribution in [2.45, 2.75) is 26.0 Å². The van der Waals surface area contributed by atoms with Gasteiger partial charge in [-0.1, -0.05) is 50.2 Å². The van der Waals surface area contributed by atoms with E-state index in [1.54, 1.807) is 24.5 Å². The number of benzene rings is 1. The number of carbonyl (C=O) groups excluding carboxylic acids is 1. The molecule has 1 aromatic heterocycles. The summed E-state index contributed by atoms with van der Waals surface area (Å²) in [5.74, 6) is -0.638. The predicted octanol–water partition coefficient (Wildman–Crippen LogP) is 2.24. The Morgan fingerprint density at radius 2 is 1.95 bits per heavy atom. The molecule has 0 saturated carbocycles. The second-order valence-electron chi connectivity index (χ2n) is 5.33. The molecule has 4 heteroatoms. The molecule has 110 valence electrons. The summed E-state index contributed by atoms with van der Waals surface area (Å²) in [6, 6.07) is 12.7. The zero-order valence-electron chi connectivity index (χ0n) is 12.3. The van der Waals surface area contributed by atoms with Crippen molar-refractivity contribution in [1.82, 2.24) is 10.3 Å². The first kappa shape index (κ1) is 15.2. The minimum absolute atomic E-state index is 0.242. The summed E-state index contributed by atoms with van der Waals surface area (Å²) in [6.07, 6.45) is 3.37.